The summed E-state index contributed by atoms with van der Waals surface area (Å²) in [5.41, 5.74) is 0.322. The van der Waals surface area contributed by atoms with Crippen molar-refractivity contribution < 1.29 is 19.4 Å². The first-order valence-electron chi connectivity index (χ1n) is 6.87. The summed E-state index contributed by atoms with van der Waals surface area (Å²) in [7, 11) is 0. The molecule has 0 saturated carbocycles. The molecule has 0 bridgehead atoms. The number of fused-ring (bicyclic) bond motifs is 1. The van der Waals surface area contributed by atoms with Gasteiger partial charge < -0.3 is 20.5 Å². The number of nitrogens with zero attached hydrogens (tertiary/aromatic N) is 1. The maximum atomic E-state index is 12.2. The van der Waals surface area contributed by atoms with Crippen LogP contribution in [0.2, 0.25) is 0 Å². The van der Waals surface area contributed by atoms with Crippen molar-refractivity contribution in [3.63, 3.8) is 0 Å². The number of anilines is 1. The van der Waals surface area contributed by atoms with Gasteiger partial charge in [0.2, 0.25) is 5.91 Å². The summed E-state index contributed by atoms with van der Waals surface area (Å²) in [6.07, 6.45) is 1.83. The molecule has 22 heavy (non-hydrogen) atoms. The molecule has 7 nitrogen and oxygen atoms in total. The van der Waals surface area contributed by atoms with Crippen LogP contribution in [0.3, 0.4) is 0 Å². The molecule has 0 spiro atoms. The Morgan fingerprint density at radius 1 is 1.55 bits per heavy atom. The van der Waals surface area contributed by atoms with Gasteiger partial charge in [-0.2, -0.15) is 0 Å². The average Bonchev–Trinajstić information content (AvgIpc) is 2.87. The molecule has 2 aromatic heterocycles. The second-order valence-electron chi connectivity index (χ2n) is 4.95. The molecule has 1 fully saturated rings. The van der Waals surface area contributed by atoms with Crippen LogP contribution < -0.4 is 10.6 Å². The van der Waals surface area contributed by atoms with Crippen molar-refractivity contribution in [2.45, 2.75) is 12.5 Å². The van der Waals surface area contributed by atoms with Gasteiger partial charge in [-0.1, -0.05) is 0 Å². The fourth-order valence-electron chi connectivity index (χ4n) is 2.37. The number of ether oxygens (including phenoxy) is 1. The zero-order valence-corrected chi connectivity index (χ0v) is 12.5. The molecular formula is C14H15N3O4S. The number of aromatic nitrogens is 1. The molecule has 1 amide bonds. The molecule has 1 atom stereocenters. The van der Waals surface area contributed by atoms with Crippen LogP contribution in [0.5, 0.6) is 0 Å². The van der Waals surface area contributed by atoms with Gasteiger partial charge in [-0.25, -0.2) is 9.78 Å². The zero-order valence-electron chi connectivity index (χ0n) is 11.7. The van der Waals surface area contributed by atoms with E-state index in [9.17, 15) is 14.7 Å². The maximum Gasteiger partial charge on any atom is 0.348 e. The first-order valence-corrected chi connectivity index (χ1v) is 7.68. The van der Waals surface area contributed by atoms with E-state index in [1.54, 1.807) is 18.3 Å². The molecule has 1 aliphatic heterocycles. The number of amides is 1. The highest BCUT2D eigenvalue weighted by atomic mass is 32.1. The van der Waals surface area contributed by atoms with Crippen molar-refractivity contribution in [2.75, 3.05) is 25.1 Å². The molecular weight excluding hydrogens is 306 g/mol. The summed E-state index contributed by atoms with van der Waals surface area (Å²) in [6.45, 7) is 1.83. The van der Waals surface area contributed by atoms with E-state index in [-0.39, 0.29) is 23.2 Å². The SMILES string of the molecule is O=C(CC1COCCN1)Nc1c(C(=O)O)sc2ncccc12. The van der Waals surface area contributed by atoms with Gasteiger partial charge in [0.05, 0.1) is 18.9 Å². The second-order valence-corrected chi connectivity index (χ2v) is 5.94. The minimum Gasteiger partial charge on any atom is -0.477 e. The predicted octanol–water partition coefficient (Wildman–Crippen LogP) is 1.31. The van der Waals surface area contributed by atoms with Crippen molar-refractivity contribution in [3.05, 3.63) is 23.2 Å². The van der Waals surface area contributed by atoms with Crippen LogP contribution >= 0.6 is 11.3 Å². The first kappa shape index (κ1) is 14.9. The van der Waals surface area contributed by atoms with Gasteiger partial charge in [-0.05, 0) is 12.1 Å². The van der Waals surface area contributed by atoms with Gasteiger partial charge in [0.1, 0.15) is 9.71 Å². The summed E-state index contributed by atoms with van der Waals surface area (Å²) >= 11 is 1.05. The number of morpholine rings is 1. The Hall–Kier alpha value is -2.03. The summed E-state index contributed by atoms with van der Waals surface area (Å²) in [5, 5.41) is 15.9. The molecule has 1 unspecified atom stereocenters. The lowest BCUT2D eigenvalue weighted by atomic mass is 10.2. The highest BCUT2D eigenvalue weighted by molar-refractivity contribution is 7.21. The number of hydrogen-bond donors (Lipinski definition) is 3. The van der Waals surface area contributed by atoms with Crippen molar-refractivity contribution in [3.8, 4) is 0 Å². The monoisotopic (exact) mass is 321 g/mol. The maximum absolute atomic E-state index is 12.2. The Balaban J connectivity index is 1.81. The molecule has 3 rings (SSSR count). The standard InChI is InChI=1S/C14H15N3O4S/c18-10(6-8-7-21-5-4-15-8)17-11-9-2-1-3-16-13(9)22-12(11)14(19)20/h1-3,8,15H,4-7H2,(H,17,18)(H,19,20). The van der Waals surface area contributed by atoms with E-state index in [1.807, 2.05) is 0 Å². The van der Waals surface area contributed by atoms with E-state index in [0.29, 0.717) is 35.7 Å². The van der Waals surface area contributed by atoms with E-state index in [2.05, 4.69) is 15.6 Å². The van der Waals surface area contributed by atoms with Crippen LogP contribution in [0.1, 0.15) is 16.1 Å². The molecule has 3 N–H and O–H groups in total. The Morgan fingerprint density at radius 2 is 2.41 bits per heavy atom. The third-order valence-corrected chi connectivity index (χ3v) is 4.46. The highest BCUT2D eigenvalue weighted by Gasteiger charge is 2.22. The van der Waals surface area contributed by atoms with Crippen LogP contribution in [-0.4, -0.2) is 47.8 Å². The molecule has 1 saturated heterocycles. The summed E-state index contributed by atoms with van der Waals surface area (Å²) in [4.78, 5) is 28.4. The molecule has 3 heterocycles. The van der Waals surface area contributed by atoms with Gasteiger partial charge in [-0.15, -0.1) is 11.3 Å². The summed E-state index contributed by atoms with van der Waals surface area (Å²) < 4.78 is 5.31. The number of carboxylic acid groups (broad SMARTS) is 1. The predicted molar refractivity (Wildman–Crippen MR) is 82.4 cm³/mol. The molecule has 0 aliphatic carbocycles. The molecule has 8 heteroatoms. The van der Waals surface area contributed by atoms with E-state index < -0.39 is 5.97 Å². The third-order valence-electron chi connectivity index (χ3n) is 3.36. The van der Waals surface area contributed by atoms with E-state index in [0.717, 1.165) is 11.3 Å². The minimum absolute atomic E-state index is 0.0509. The highest BCUT2D eigenvalue weighted by Crippen LogP contribution is 2.34. The van der Waals surface area contributed by atoms with Crippen molar-refractivity contribution in [1.82, 2.24) is 10.3 Å². The number of carbonyl (C=O) groups excluding carboxylic acids is 1. The van der Waals surface area contributed by atoms with Gasteiger partial charge in [-0.3, -0.25) is 4.79 Å². The smallest absolute Gasteiger partial charge is 0.348 e. The Bertz CT molecular complexity index is 709. The van der Waals surface area contributed by atoms with Crippen LogP contribution in [0.25, 0.3) is 10.2 Å². The van der Waals surface area contributed by atoms with E-state index in [1.165, 1.54) is 0 Å². The number of thiophene rings is 1. The largest absolute Gasteiger partial charge is 0.477 e. The number of hydrogen-bond acceptors (Lipinski definition) is 6. The van der Waals surface area contributed by atoms with Crippen LogP contribution in [0, 0.1) is 0 Å². The van der Waals surface area contributed by atoms with Crippen molar-refractivity contribution in [1.29, 1.82) is 0 Å². The van der Waals surface area contributed by atoms with Gasteiger partial charge in [0, 0.05) is 30.6 Å². The third kappa shape index (κ3) is 3.08. The number of aromatic carboxylic acids is 1. The number of rotatable bonds is 4. The van der Waals surface area contributed by atoms with E-state index in [4.69, 9.17) is 4.74 Å². The fraction of sp³-hybridized carbons (Fsp3) is 0.357. The van der Waals surface area contributed by atoms with Gasteiger partial charge >= 0.3 is 5.97 Å². The quantitative estimate of drug-likeness (QED) is 0.785. The number of carbonyl (C=O) groups is 2. The second kappa shape index (κ2) is 6.39. The van der Waals surface area contributed by atoms with Gasteiger partial charge in [0.15, 0.2) is 0 Å². The van der Waals surface area contributed by atoms with Crippen molar-refractivity contribution >= 4 is 39.1 Å². The molecule has 0 aromatic carbocycles. The van der Waals surface area contributed by atoms with Gasteiger partial charge in [0.25, 0.3) is 0 Å². The number of nitrogens with one attached hydrogen (secondary N) is 2. The Morgan fingerprint density at radius 3 is 3.14 bits per heavy atom. The fourth-order valence-corrected chi connectivity index (χ4v) is 3.31. The van der Waals surface area contributed by atoms with Crippen molar-refractivity contribution in [2.24, 2.45) is 0 Å². The Labute approximate surface area is 130 Å². The molecule has 0 radical (unpaired) electrons. The normalized spacial score (nSPS) is 18.3. The topological polar surface area (TPSA) is 101 Å². The Kier molecular flexibility index (Phi) is 4.32. The van der Waals surface area contributed by atoms with Crippen LogP contribution in [0.15, 0.2) is 18.3 Å². The molecule has 1 aliphatic rings. The lowest BCUT2D eigenvalue weighted by molar-refractivity contribution is -0.117. The van der Waals surface area contributed by atoms with E-state index >= 15 is 0 Å². The van der Waals surface area contributed by atoms with Crippen LogP contribution in [0.4, 0.5) is 5.69 Å². The number of pyridine rings is 1. The summed E-state index contributed by atoms with van der Waals surface area (Å²) in [5.74, 6) is -1.31. The molecule has 116 valence electrons. The molecule has 2 aromatic rings. The lowest BCUT2D eigenvalue weighted by Gasteiger charge is -2.23. The lowest BCUT2D eigenvalue weighted by Crippen LogP contribution is -2.43. The average molecular weight is 321 g/mol. The first-order chi connectivity index (χ1) is 10.6. The van der Waals surface area contributed by atoms with Crippen LogP contribution in [-0.2, 0) is 9.53 Å². The number of carboxylic acids is 1. The zero-order chi connectivity index (χ0) is 15.5. The summed E-state index contributed by atoms with van der Waals surface area (Å²) in [6, 6.07) is 3.42. The minimum atomic E-state index is -1.07.